The Morgan fingerprint density at radius 1 is 1.45 bits per heavy atom. The predicted octanol–water partition coefficient (Wildman–Crippen LogP) is 2.95. The van der Waals surface area contributed by atoms with E-state index in [1.54, 1.807) is 11.3 Å². The Labute approximate surface area is 124 Å². The van der Waals surface area contributed by atoms with Crippen LogP contribution in [0.5, 0.6) is 0 Å². The summed E-state index contributed by atoms with van der Waals surface area (Å²) in [5.74, 6) is -0.0461. The average Bonchev–Trinajstić information content (AvgIpc) is 2.58. The van der Waals surface area contributed by atoms with Crippen LogP contribution in [0.3, 0.4) is 0 Å². The van der Waals surface area contributed by atoms with Crippen molar-refractivity contribution in [3.63, 3.8) is 0 Å². The van der Waals surface area contributed by atoms with E-state index >= 15 is 0 Å². The van der Waals surface area contributed by atoms with Gasteiger partial charge in [0.05, 0.1) is 5.56 Å². The minimum absolute atomic E-state index is 0.0243. The molecule has 0 saturated carbocycles. The van der Waals surface area contributed by atoms with Gasteiger partial charge >= 0.3 is 0 Å². The molecule has 1 heterocycles. The number of rotatable bonds is 4. The topological polar surface area (TPSA) is 78.9 Å². The summed E-state index contributed by atoms with van der Waals surface area (Å²) in [5.41, 5.74) is 7.50. The molecule has 20 heavy (non-hydrogen) atoms. The number of fused-ring (bicyclic) bond motifs is 1. The van der Waals surface area contributed by atoms with E-state index in [0.29, 0.717) is 18.4 Å². The molecule has 4 nitrogen and oxygen atoms in total. The van der Waals surface area contributed by atoms with E-state index in [4.69, 9.17) is 5.73 Å². The van der Waals surface area contributed by atoms with Gasteiger partial charge in [0.25, 0.3) is 0 Å². The molecule has 0 aromatic carbocycles. The van der Waals surface area contributed by atoms with Crippen LogP contribution in [0.25, 0.3) is 0 Å². The van der Waals surface area contributed by atoms with Crippen molar-refractivity contribution >= 4 is 22.2 Å². The first-order valence-electron chi connectivity index (χ1n) is 7.22. The molecule has 0 fully saturated rings. The van der Waals surface area contributed by atoms with Crippen LogP contribution in [-0.4, -0.2) is 11.9 Å². The lowest BCUT2D eigenvalue weighted by Crippen LogP contribution is -2.19. The number of hydrogen-bond donors (Lipinski definition) is 2. The van der Waals surface area contributed by atoms with Crippen LogP contribution in [-0.2, 0) is 17.6 Å². The van der Waals surface area contributed by atoms with Gasteiger partial charge in [-0.3, -0.25) is 4.79 Å². The lowest BCUT2D eigenvalue weighted by molar-refractivity contribution is -0.116. The zero-order valence-electron chi connectivity index (χ0n) is 11.9. The normalized spacial score (nSPS) is 15.8. The zero-order chi connectivity index (χ0) is 14.5. The molecular formula is C15H21N3OS. The van der Waals surface area contributed by atoms with Gasteiger partial charge < -0.3 is 11.1 Å². The van der Waals surface area contributed by atoms with E-state index < -0.39 is 0 Å². The fourth-order valence-electron chi connectivity index (χ4n) is 2.50. The number of hydrogen-bond acceptors (Lipinski definition) is 4. The summed E-state index contributed by atoms with van der Waals surface area (Å²) in [6.45, 7) is 1.89. The van der Waals surface area contributed by atoms with Crippen LogP contribution in [0.1, 0.15) is 55.0 Å². The Bertz CT molecular complexity index is 528. The van der Waals surface area contributed by atoms with Crippen molar-refractivity contribution in [1.82, 2.24) is 0 Å². The molecule has 1 unspecified atom stereocenters. The second-order valence-corrected chi connectivity index (χ2v) is 6.55. The minimum Gasteiger partial charge on any atom is -0.328 e. The molecule has 1 aromatic heterocycles. The number of nitrogens with one attached hydrogen (secondary N) is 1. The van der Waals surface area contributed by atoms with Crippen LogP contribution in [0.2, 0.25) is 0 Å². The molecule has 5 heteroatoms. The van der Waals surface area contributed by atoms with Crippen molar-refractivity contribution in [1.29, 1.82) is 5.26 Å². The van der Waals surface area contributed by atoms with E-state index in [1.807, 2.05) is 6.92 Å². The molecule has 3 N–H and O–H groups in total. The standard InChI is InChI=1S/C15H21N3OS/c1-10(17)7-8-14(19)18-15-12(9-16)11-5-3-2-4-6-13(11)20-15/h10H,2-8,17H2,1H3,(H,18,19). The van der Waals surface area contributed by atoms with Crippen LogP contribution >= 0.6 is 11.3 Å². The Morgan fingerprint density at radius 2 is 2.20 bits per heavy atom. The van der Waals surface area contributed by atoms with Gasteiger partial charge in [-0.05, 0) is 44.6 Å². The second kappa shape index (κ2) is 6.87. The van der Waals surface area contributed by atoms with Gasteiger partial charge in [-0.25, -0.2) is 0 Å². The number of nitriles is 1. The summed E-state index contributed by atoms with van der Waals surface area (Å²) >= 11 is 1.58. The van der Waals surface area contributed by atoms with E-state index in [0.717, 1.165) is 29.8 Å². The van der Waals surface area contributed by atoms with Crippen molar-refractivity contribution in [3.8, 4) is 6.07 Å². The van der Waals surface area contributed by atoms with Crippen molar-refractivity contribution in [3.05, 3.63) is 16.0 Å². The Morgan fingerprint density at radius 3 is 2.90 bits per heavy atom. The number of nitrogens with zero attached hydrogens (tertiary/aromatic N) is 1. The summed E-state index contributed by atoms with van der Waals surface area (Å²) < 4.78 is 0. The second-order valence-electron chi connectivity index (χ2n) is 5.44. The first-order chi connectivity index (χ1) is 9.61. The summed E-state index contributed by atoms with van der Waals surface area (Å²) in [7, 11) is 0. The first kappa shape index (κ1) is 15.0. The Kier molecular flexibility index (Phi) is 5.16. The zero-order valence-corrected chi connectivity index (χ0v) is 12.7. The van der Waals surface area contributed by atoms with Gasteiger partial charge in [0, 0.05) is 17.3 Å². The van der Waals surface area contributed by atoms with Crippen LogP contribution < -0.4 is 11.1 Å². The highest BCUT2D eigenvalue weighted by atomic mass is 32.1. The molecule has 1 amide bonds. The summed E-state index contributed by atoms with van der Waals surface area (Å²) in [5, 5.41) is 13.0. The van der Waals surface area contributed by atoms with Gasteiger partial charge in [-0.1, -0.05) is 6.42 Å². The summed E-state index contributed by atoms with van der Waals surface area (Å²) in [6, 6.07) is 2.30. The quantitative estimate of drug-likeness (QED) is 0.837. The third-order valence-electron chi connectivity index (χ3n) is 3.61. The van der Waals surface area contributed by atoms with Crippen molar-refractivity contribution in [2.75, 3.05) is 5.32 Å². The summed E-state index contributed by atoms with van der Waals surface area (Å²) in [4.78, 5) is 13.2. The van der Waals surface area contributed by atoms with Crippen LogP contribution in [0, 0.1) is 11.3 Å². The van der Waals surface area contributed by atoms with Crippen LogP contribution in [0.15, 0.2) is 0 Å². The number of aryl methyl sites for hydroxylation is 1. The highest BCUT2D eigenvalue weighted by molar-refractivity contribution is 7.16. The third-order valence-corrected chi connectivity index (χ3v) is 4.82. The van der Waals surface area contributed by atoms with Gasteiger partial charge in [0.1, 0.15) is 11.1 Å². The molecule has 0 saturated heterocycles. The van der Waals surface area contributed by atoms with Gasteiger partial charge in [-0.15, -0.1) is 11.3 Å². The number of thiophene rings is 1. The van der Waals surface area contributed by atoms with Crippen LogP contribution in [0.4, 0.5) is 5.00 Å². The highest BCUT2D eigenvalue weighted by Gasteiger charge is 2.20. The molecule has 2 rings (SSSR count). The number of carbonyl (C=O) groups excluding carboxylic acids is 1. The minimum atomic E-state index is -0.0461. The Hall–Kier alpha value is -1.38. The first-order valence-corrected chi connectivity index (χ1v) is 8.03. The van der Waals surface area contributed by atoms with E-state index in [9.17, 15) is 10.1 Å². The SMILES string of the molecule is CC(N)CCC(=O)Nc1sc2c(c1C#N)CCCCC2. The molecule has 0 aliphatic heterocycles. The molecule has 0 spiro atoms. The number of anilines is 1. The van der Waals surface area contributed by atoms with Crippen molar-refractivity contribution in [2.45, 2.75) is 57.9 Å². The van der Waals surface area contributed by atoms with Crippen molar-refractivity contribution in [2.24, 2.45) is 5.73 Å². The van der Waals surface area contributed by atoms with Gasteiger partial charge in [-0.2, -0.15) is 5.26 Å². The fourth-order valence-corrected chi connectivity index (χ4v) is 3.75. The van der Waals surface area contributed by atoms with E-state index in [2.05, 4.69) is 11.4 Å². The maximum absolute atomic E-state index is 11.9. The third kappa shape index (κ3) is 3.59. The highest BCUT2D eigenvalue weighted by Crippen LogP contribution is 2.37. The summed E-state index contributed by atoms with van der Waals surface area (Å²) in [6.07, 6.45) is 6.61. The smallest absolute Gasteiger partial charge is 0.225 e. The lowest BCUT2D eigenvalue weighted by atomic mass is 10.1. The number of carbonyl (C=O) groups is 1. The molecule has 0 radical (unpaired) electrons. The predicted molar refractivity (Wildman–Crippen MR) is 81.8 cm³/mol. The van der Waals surface area contributed by atoms with E-state index in [1.165, 1.54) is 17.7 Å². The number of amides is 1. The molecule has 1 aliphatic carbocycles. The van der Waals surface area contributed by atoms with Gasteiger partial charge in [0.2, 0.25) is 5.91 Å². The molecule has 1 atom stereocenters. The van der Waals surface area contributed by atoms with Crippen molar-refractivity contribution < 1.29 is 4.79 Å². The Balaban J connectivity index is 2.12. The number of nitrogens with two attached hydrogens (primary N) is 1. The fraction of sp³-hybridized carbons (Fsp3) is 0.600. The maximum atomic E-state index is 11.9. The lowest BCUT2D eigenvalue weighted by Gasteiger charge is -2.06. The average molecular weight is 291 g/mol. The van der Waals surface area contributed by atoms with E-state index in [-0.39, 0.29) is 11.9 Å². The molecule has 108 valence electrons. The van der Waals surface area contributed by atoms with Gasteiger partial charge in [0.15, 0.2) is 0 Å². The molecule has 1 aliphatic rings. The largest absolute Gasteiger partial charge is 0.328 e. The molecular weight excluding hydrogens is 270 g/mol. The monoisotopic (exact) mass is 291 g/mol. The maximum Gasteiger partial charge on any atom is 0.225 e. The molecule has 1 aromatic rings. The molecule has 0 bridgehead atoms.